The van der Waals surface area contributed by atoms with Crippen molar-refractivity contribution in [2.24, 2.45) is 0 Å². The summed E-state index contributed by atoms with van der Waals surface area (Å²) in [6, 6.07) is 26.0. The zero-order chi connectivity index (χ0) is 69.1. The van der Waals surface area contributed by atoms with Gasteiger partial charge in [-0.25, -0.2) is 23.7 Å². The molecule has 0 saturated carbocycles. The van der Waals surface area contributed by atoms with E-state index < -0.39 is 18.2 Å². The van der Waals surface area contributed by atoms with Crippen LogP contribution in [0.4, 0.5) is 14.4 Å². The Bertz CT molecular complexity index is 4140. The summed E-state index contributed by atoms with van der Waals surface area (Å²) in [6.45, 7) is 14.8. The van der Waals surface area contributed by atoms with Crippen LogP contribution < -0.4 is 21.8 Å². The molecule has 6 amide bonds. The zero-order valence-electron chi connectivity index (χ0n) is 58.0. The number of likely N-dealkylation sites (tertiary alicyclic amines) is 4. The van der Waals surface area contributed by atoms with Gasteiger partial charge in [0.15, 0.2) is 13.5 Å². The minimum Gasteiger partial charge on any atom is -0.411 e. The highest BCUT2D eigenvalue weighted by atomic mass is 16.7. The molecule has 100 heavy (non-hydrogen) atoms. The number of rotatable bonds is 16. The van der Waals surface area contributed by atoms with Crippen LogP contribution in [0.25, 0.3) is 43.6 Å². The number of amides is 6. The van der Waals surface area contributed by atoms with Crippen molar-refractivity contribution >= 4 is 73.6 Å². The lowest BCUT2D eigenvalue weighted by Gasteiger charge is -2.43. The van der Waals surface area contributed by atoms with Crippen LogP contribution in [0.1, 0.15) is 96.6 Å². The fourth-order valence-electron chi connectivity index (χ4n) is 16.6. The standard InChI is InChI=1S/C75H94N16O9/c1-49-37-51(41-65(71(94)86-33-29-84(30-34-86)59-17-21-82(3)22-18-59)80-73(96)88-25-13-53(14-26-88)61-43-55-9-5-7-11-63(55)78-69(61)92)39-57-45-76-90(67(49)57)47-99-75(98)100-48-91-68-50(2)38-52(40-58(68)46-77-91)42-66(72(95)87-35-31-85(32-36-87)60-19-23-83(4)24-20-60)81-74(97)89-27-15-54(16-28-89)62-44-56-10-6-8-12-64(56)79-70(62)93/h5-12,37-40,43-46,53-54,59-60,65-66H,13-36,41-42,47-48H2,1-4H3,(H,78,92)(H,79,93)(H,80,96)(H,81,97). The van der Waals surface area contributed by atoms with E-state index in [1.165, 1.54) is 0 Å². The highest BCUT2D eigenvalue weighted by molar-refractivity contribution is 5.90. The molecule has 8 aromatic rings. The summed E-state index contributed by atoms with van der Waals surface area (Å²) in [4.78, 5) is 121. The lowest BCUT2D eigenvalue weighted by Crippen LogP contribution is -2.59. The number of piperazine rings is 2. The summed E-state index contributed by atoms with van der Waals surface area (Å²) < 4.78 is 14.5. The van der Waals surface area contributed by atoms with Crippen molar-refractivity contribution in [2.75, 3.05) is 119 Å². The zero-order valence-corrected chi connectivity index (χ0v) is 58.0. The Kier molecular flexibility index (Phi) is 20.4. The molecule has 0 radical (unpaired) electrons. The number of aryl methyl sites for hydroxylation is 2. The first kappa shape index (κ1) is 68.0. The number of para-hydroxylation sites is 2. The first-order valence-electron chi connectivity index (χ1n) is 36.0. The summed E-state index contributed by atoms with van der Waals surface area (Å²) in [5.74, 6) is -0.257. The van der Waals surface area contributed by atoms with Crippen LogP contribution in [0, 0.1) is 13.8 Å². The maximum Gasteiger partial charge on any atom is 0.511 e. The molecule has 2 unspecified atom stereocenters. The Balaban J connectivity index is 0.608. The van der Waals surface area contributed by atoms with E-state index in [2.05, 4.69) is 64.5 Å². The van der Waals surface area contributed by atoms with E-state index in [0.29, 0.717) is 90.1 Å². The van der Waals surface area contributed by atoms with Gasteiger partial charge >= 0.3 is 18.2 Å². The van der Waals surface area contributed by atoms with E-state index >= 15 is 0 Å². The summed E-state index contributed by atoms with van der Waals surface area (Å²) in [5.41, 5.74) is 7.65. The summed E-state index contributed by atoms with van der Waals surface area (Å²) in [7, 11) is 4.33. The van der Waals surface area contributed by atoms with Gasteiger partial charge in [0.2, 0.25) is 11.8 Å². The molecular weight excluding hydrogens is 1270 g/mol. The highest BCUT2D eigenvalue weighted by Crippen LogP contribution is 2.32. The molecule has 4 N–H and O–H groups in total. The van der Waals surface area contributed by atoms with E-state index in [-0.39, 0.29) is 73.1 Å². The van der Waals surface area contributed by atoms with E-state index in [0.717, 1.165) is 155 Å². The number of aromatic amines is 2. The molecule has 6 saturated heterocycles. The monoisotopic (exact) mass is 1360 g/mol. The third-order valence-electron chi connectivity index (χ3n) is 22.3. The predicted molar refractivity (Wildman–Crippen MR) is 382 cm³/mol. The van der Waals surface area contributed by atoms with E-state index in [9.17, 15) is 33.6 Å². The second-order valence-electron chi connectivity index (χ2n) is 28.8. The van der Waals surface area contributed by atoms with Gasteiger partial charge in [-0.05, 0) is 187 Å². The number of hydrogen-bond donors (Lipinski definition) is 4. The van der Waals surface area contributed by atoms with E-state index in [1.54, 1.807) is 31.6 Å². The van der Waals surface area contributed by atoms with Crippen molar-refractivity contribution in [3.8, 4) is 0 Å². The van der Waals surface area contributed by atoms with Crippen molar-refractivity contribution < 1.29 is 33.4 Å². The molecule has 2 atom stereocenters. The second kappa shape index (κ2) is 30.0. The largest absolute Gasteiger partial charge is 0.511 e. The van der Waals surface area contributed by atoms with E-state index in [4.69, 9.17) is 9.47 Å². The number of fused-ring (bicyclic) bond motifs is 4. The molecule has 14 rings (SSSR count). The number of nitrogens with zero attached hydrogens (tertiary/aromatic N) is 12. The lowest BCUT2D eigenvalue weighted by atomic mass is 9.89. The number of ether oxygens (including phenoxy) is 2. The number of hydrogen-bond acceptors (Lipinski definition) is 15. The van der Waals surface area contributed by atoms with Crippen LogP contribution in [0.5, 0.6) is 0 Å². The maximum atomic E-state index is 14.7. The van der Waals surface area contributed by atoms with Gasteiger partial charge in [0, 0.05) is 136 Å². The Hall–Kier alpha value is -9.17. The van der Waals surface area contributed by atoms with Crippen LogP contribution in [0.2, 0.25) is 0 Å². The van der Waals surface area contributed by atoms with Crippen LogP contribution in [-0.4, -0.2) is 242 Å². The molecule has 6 aliphatic rings. The van der Waals surface area contributed by atoms with Gasteiger partial charge in [-0.2, -0.15) is 10.2 Å². The average Bonchev–Trinajstić information content (AvgIpc) is 1.08. The third-order valence-corrected chi connectivity index (χ3v) is 22.3. The quantitative estimate of drug-likeness (QED) is 0.0716. The molecule has 10 heterocycles. The summed E-state index contributed by atoms with van der Waals surface area (Å²) in [6.07, 6.45) is 9.86. The minimum absolute atomic E-state index is 0.00563. The minimum atomic E-state index is -0.928. The number of aromatic nitrogens is 6. The van der Waals surface area contributed by atoms with Gasteiger partial charge in [-0.15, -0.1) is 0 Å². The number of carbonyl (C=O) groups is 5. The number of benzene rings is 4. The van der Waals surface area contributed by atoms with Gasteiger partial charge < -0.3 is 59.5 Å². The van der Waals surface area contributed by atoms with Crippen molar-refractivity contribution in [1.82, 2.24) is 79.4 Å². The number of H-pyrrole nitrogens is 2. The first-order valence-corrected chi connectivity index (χ1v) is 36.0. The van der Waals surface area contributed by atoms with Gasteiger partial charge in [-0.1, -0.05) is 48.5 Å². The topological polar surface area (TPSA) is 255 Å². The lowest BCUT2D eigenvalue weighted by molar-refractivity contribution is -0.136. The maximum absolute atomic E-state index is 14.7. The normalized spacial score (nSPS) is 19.4. The van der Waals surface area contributed by atoms with Gasteiger partial charge in [-0.3, -0.25) is 29.0 Å². The number of nitrogens with one attached hydrogen (secondary N) is 4. The second-order valence-corrected chi connectivity index (χ2v) is 28.8. The number of carbonyl (C=O) groups excluding carboxylic acids is 5. The molecule has 25 nitrogen and oxygen atoms in total. The smallest absolute Gasteiger partial charge is 0.411 e. The predicted octanol–water partition coefficient (Wildman–Crippen LogP) is 6.93. The highest BCUT2D eigenvalue weighted by Gasteiger charge is 2.37. The molecule has 4 aromatic carbocycles. The molecule has 0 aliphatic carbocycles. The van der Waals surface area contributed by atoms with Crippen molar-refractivity contribution in [1.29, 1.82) is 0 Å². The molecule has 6 fully saturated rings. The molecular formula is C75H94N16O9. The van der Waals surface area contributed by atoms with Gasteiger partial charge in [0.05, 0.1) is 23.4 Å². The Morgan fingerprint density at radius 3 is 1.24 bits per heavy atom. The SMILES string of the molecule is Cc1cc(CC(NC(=O)N2CCC(c3cc4ccccc4[nH]c3=O)CC2)C(=O)N2CCN(C3CCN(C)CC3)CC2)cc2cnn(COC(=O)OCn3ncc4cc(CC(NC(=O)N5CCC(c6cc7ccccc7[nH]c6=O)CC5)C(=O)N5CCN(C6CCN(C)CC6)CC5)cc(C)c43)c12. The fourth-order valence-corrected chi connectivity index (χ4v) is 16.6. The fraction of sp³-hybridized carbons (Fsp3) is 0.507. The van der Waals surface area contributed by atoms with Crippen LogP contribution in [-0.2, 0) is 45.4 Å². The summed E-state index contributed by atoms with van der Waals surface area (Å²) in [5, 5.41) is 19.0. The molecule has 6 aliphatic heterocycles. The van der Waals surface area contributed by atoms with Crippen molar-refractivity contribution in [3.05, 3.63) is 151 Å². The van der Waals surface area contributed by atoms with Crippen molar-refractivity contribution in [2.45, 2.75) is 128 Å². The average molecular weight is 1360 g/mol. The number of pyridine rings is 2. The van der Waals surface area contributed by atoms with Crippen LogP contribution >= 0.6 is 0 Å². The van der Waals surface area contributed by atoms with Crippen LogP contribution in [0.15, 0.2) is 107 Å². The molecule has 25 heteroatoms. The van der Waals surface area contributed by atoms with Crippen LogP contribution in [0.3, 0.4) is 0 Å². The Morgan fingerprint density at radius 1 is 0.470 bits per heavy atom. The van der Waals surface area contributed by atoms with Gasteiger partial charge in [0.25, 0.3) is 11.1 Å². The summed E-state index contributed by atoms with van der Waals surface area (Å²) >= 11 is 0. The molecule has 0 spiro atoms. The van der Waals surface area contributed by atoms with Crippen molar-refractivity contribution in [3.63, 3.8) is 0 Å². The number of piperidine rings is 4. The van der Waals surface area contributed by atoms with Gasteiger partial charge in [0.1, 0.15) is 12.1 Å². The number of urea groups is 2. The molecule has 0 bridgehead atoms. The Labute approximate surface area is 581 Å². The first-order chi connectivity index (χ1) is 48.5. The molecule has 4 aromatic heterocycles. The third kappa shape index (κ3) is 15.1. The molecule has 528 valence electrons. The Morgan fingerprint density at radius 2 is 0.850 bits per heavy atom. The van der Waals surface area contributed by atoms with E-state index in [1.807, 2.05) is 109 Å².